The topological polar surface area (TPSA) is 50.4 Å². The van der Waals surface area contributed by atoms with Gasteiger partial charge in [-0.05, 0) is 49.4 Å². The van der Waals surface area contributed by atoms with Gasteiger partial charge in [0.1, 0.15) is 0 Å². The van der Waals surface area contributed by atoms with E-state index in [1.54, 1.807) is 0 Å². The number of amides is 1. The third-order valence-electron chi connectivity index (χ3n) is 3.90. The molecule has 1 fully saturated rings. The van der Waals surface area contributed by atoms with Gasteiger partial charge in [0, 0.05) is 37.1 Å². The minimum Gasteiger partial charge on any atom is -0.385 e. The molecule has 1 amide bonds. The fraction of sp³-hybridized carbons (Fsp3) is 0.533. The molecule has 19 heavy (non-hydrogen) atoms. The SMILES string of the molecule is O=C(Nc1ccc2c(c1)CCCN2)C1CCOCC1. The summed E-state index contributed by atoms with van der Waals surface area (Å²) in [6, 6.07) is 6.14. The first-order valence-corrected chi connectivity index (χ1v) is 7.08. The molecule has 2 N–H and O–H groups in total. The molecule has 0 saturated carbocycles. The quantitative estimate of drug-likeness (QED) is 0.858. The maximum absolute atomic E-state index is 12.2. The third-order valence-corrected chi connectivity index (χ3v) is 3.90. The van der Waals surface area contributed by atoms with E-state index in [9.17, 15) is 4.79 Å². The summed E-state index contributed by atoms with van der Waals surface area (Å²) < 4.78 is 5.29. The standard InChI is InChI=1S/C15H20N2O2/c18-15(11-5-8-19-9-6-11)17-13-3-4-14-12(10-13)2-1-7-16-14/h3-4,10-11,16H,1-2,5-9H2,(H,17,18). The zero-order chi connectivity index (χ0) is 13.1. The van der Waals surface area contributed by atoms with Gasteiger partial charge in [-0.15, -0.1) is 0 Å². The molecule has 4 heteroatoms. The second-order valence-electron chi connectivity index (χ2n) is 5.28. The van der Waals surface area contributed by atoms with Gasteiger partial charge in [0.15, 0.2) is 0 Å². The van der Waals surface area contributed by atoms with Gasteiger partial charge in [-0.25, -0.2) is 0 Å². The van der Waals surface area contributed by atoms with Crippen LogP contribution in [-0.2, 0) is 16.0 Å². The number of ether oxygens (including phenoxy) is 1. The lowest BCUT2D eigenvalue weighted by Gasteiger charge is -2.22. The van der Waals surface area contributed by atoms with Crippen LogP contribution in [0.3, 0.4) is 0 Å². The van der Waals surface area contributed by atoms with Crippen LogP contribution in [0.1, 0.15) is 24.8 Å². The van der Waals surface area contributed by atoms with Crippen LogP contribution in [0.15, 0.2) is 18.2 Å². The molecule has 1 saturated heterocycles. The van der Waals surface area contributed by atoms with Crippen LogP contribution in [0.2, 0.25) is 0 Å². The highest BCUT2D eigenvalue weighted by Crippen LogP contribution is 2.26. The van der Waals surface area contributed by atoms with Gasteiger partial charge in [-0.2, -0.15) is 0 Å². The smallest absolute Gasteiger partial charge is 0.227 e. The number of aryl methyl sites for hydroxylation is 1. The molecular formula is C15H20N2O2. The Kier molecular flexibility index (Phi) is 3.69. The predicted molar refractivity (Wildman–Crippen MR) is 75.4 cm³/mol. The lowest BCUT2D eigenvalue weighted by molar-refractivity contribution is -0.122. The number of hydrogen-bond donors (Lipinski definition) is 2. The van der Waals surface area contributed by atoms with Crippen LogP contribution in [0.5, 0.6) is 0 Å². The minimum atomic E-state index is 0.0999. The first kappa shape index (κ1) is 12.5. The maximum Gasteiger partial charge on any atom is 0.227 e. The highest BCUT2D eigenvalue weighted by Gasteiger charge is 2.21. The van der Waals surface area contributed by atoms with Crippen molar-refractivity contribution in [2.24, 2.45) is 5.92 Å². The summed E-state index contributed by atoms with van der Waals surface area (Å²) in [4.78, 5) is 12.2. The monoisotopic (exact) mass is 260 g/mol. The number of hydrogen-bond acceptors (Lipinski definition) is 3. The highest BCUT2D eigenvalue weighted by atomic mass is 16.5. The van der Waals surface area contributed by atoms with Crippen LogP contribution in [0.25, 0.3) is 0 Å². The molecule has 2 aliphatic heterocycles. The average molecular weight is 260 g/mol. The number of nitrogens with one attached hydrogen (secondary N) is 2. The molecule has 0 spiro atoms. The Morgan fingerprint density at radius 2 is 2.16 bits per heavy atom. The summed E-state index contributed by atoms with van der Waals surface area (Å²) in [5.74, 6) is 0.231. The second kappa shape index (κ2) is 5.61. The number of benzene rings is 1. The lowest BCUT2D eigenvalue weighted by atomic mass is 9.99. The molecule has 0 unspecified atom stereocenters. The Labute approximate surface area is 113 Å². The molecule has 4 nitrogen and oxygen atoms in total. The zero-order valence-electron chi connectivity index (χ0n) is 11.1. The zero-order valence-corrected chi connectivity index (χ0v) is 11.1. The van der Waals surface area contributed by atoms with Crippen molar-refractivity contribution in [1.29, 1.82) is 0 Å². The van der Waals surface area contributed by atoms with Crippen LogP contribution in [-0.4, -0.2) is 25.7 Å². The van der Waals surface area contributed by atoms with Crippen molar-refractivity contribution in [1.82, 2.24) is 0 Å². The molecule has 0 aromatic heterocycles. The van der Waals surface area contributed by atoms with Crippen molar-refractivity contribution >= 4 is 17.3 Å². The Balaban J connectivity index is 1.67. The summed E-state index contributed by atoms with van der Waals surface area (Å²) in [5.41, 5.74) is 3.42. The fourth-order valence-electron chi connectivity index (χ4n) is 2.76. The first-order valence-electron chi connectivity index (χ1n) is 7.08. The van der Waals surface area contributed by atoms with E-state index < -0.39 is 0 Å². The Morgan fingerprint density at radius 3 is 3.00 bits per heavy atom. The second-order valence-corrected chi connectivity index (χ2v) is 5.28. The number of carbonyl (C=O) groups excluding carboxylic acids is 1. The van der Waals surface area contributed by atoms with Gasteiger partial charge in [0.2, 0.25) is 5.91 Å². The fourth-order valence-corrected chi connectivity index (χ4v) is 2.76. The molecule has 1 aromatic rings. The molecule has 0 radical (unpaired) electrons. The third kappa shape index (κ3) is 2.89. The van der Waals surface area contributed by atoms with E-state index in [4.69, 9.17) is 4.74 Å². The van der Waals surface area contributed by atoms with Gasteiger partial charge in [0.05, 0.1) is 0 Å². The van der Waals surface area contributed by atoms with Crippen molar-refractivity contribution in [3.63, 3.8) is 0 Å². The van der Waals surface area contributed by atoms with E-state index in [1.165, 1.54) is 11.3 Å². The normalized spacial score (nSPS) is 19.4. The van der Waals surface area contributed by atoms with Gasteiger partial charge >= 0.3 is 0 Å². The van der Waals surface area contributed by atoms with Crippen molar-refractivity contribution in [2.75, 3.05) is 30.4 Å². The molecule has 0 aliphatic carbocycles. The highest BCUT2D eigenvalue weighted by molar-refractivity contribution is 5.93. The molecule has 2 aliphatic rings. The van der Waals surface area contributed by atoms with E-state index in [2.05, 4.69) is 22.8 Å². The molecular weight excluding hydrogens is 240 g/mol. The molecule has 102 valence electrons. The van der Waals surface area contributed by atoms with Crippen LogP contribution >= 0.6 is 0 Å². The largest absolute Gasteiger partial charge is 0.385 e. The van der Waals surface area contributed by atoms with Crippen molar-refractivity contribution in [2.45, 2.75) is 25.7 Å². The Hall–Kier alpha value is -1.55. The maximum atomic E-state index is 12.2. The van der Waals surface area contributed by atoms with Gasteiger partial charge < -0.3 is 15.4 Å². The number of anilines is 2. The number of fused-ring (bicyclic) bond motifs is 1. The van der Waals surface area contributed by atoms with Gasteiger partial charge in [-0.1, -0.05) is 0 Å². The molecule has 0 atom stereocenters. The summed E-state index contributed by atoms with van der Waals surface area (Å²) in [5, 5.41) is 6.42. The van der Waals surface area contributed by atoms with Crippen molar-refractivity contribution in [3.05, 3.63) is 23.8 Å². The van der Waals surface area contributed by atoms with Crippen molar-refractivity contribution < 1.29 is 9.53 Å². The number of carbonyl (C=O) groups is 1. The first-order chi connectivity index (χ1) is 9.33. The molecule has 2 heterocycles. The van der Waals surface area contributed by atoms with Crippen LogP contribution in [0.4, 0.5) is 11.4 Å². The van der Waals surface area contributed by atoms with E-state index in [-0.39, 0.29) is 11.8 Å². The lowest BCUT2D eigenvalue weighted by Crippen LogP contribution is -2.28. The average Bonchev–Trinajstić information content (AvgIpc) is 2.48. The van der Waals surface area contributed by atoms with E-state index in [0.29, 0.717) is 13.2 Å². The summed E-state index contributed by atoms with van der Waals surface area (Å²) in [7, 11) is 0. The van der Waals surface area contributed by atoms with Gasteiger partial charge in [-0.3, -0.25) is 4.79 Å². The van der Waals surface area contributed by atoms with Crippen molar-refractivity contribution in [3.8, 4) is 0 Å². The Bertz CT molecular complexity index is 467. The van der Waals surface area contributed by atoms with Gasteiger partial charge in [0.25, 0.3) is 0 Å². The van der Waals surface area contributed by atoms with E-state index in [1.807, 2.05) is 6.07 Å². The van der Waals surface area contributed by atoms with E-state index in [0.717, 1.165) is 37.9 Å². The molecule has 0 bridgehead atoms. The minimum absolute atomic E-state index is 0.0999. The summed E-state index contributed by atoms with van der Waals surface area (Å²) in [6.07, 6.45) is 3.91. The summed E-state index contributed by atoms with van der Waals surface area (Å²) >= 11 is 0. The predicted octanol–water partition coefficient (Wildman–Crippen LogP) is 2.41. The molecule has 1 aromatic carbocycles. The van der Waals surface area contributed by atoms with E-state index >= 15 is 0 Å². The number of rotatable bonds is 2. The van der Waals surface area contributed by atoms with Crippen LogP contribution in [0, 0.1) is 5.92 Å². The molecule has 3 rings (SSSR count). The summed E-state index contributed by atoms with van der Waals surface area (Å²) in [6.45, 7) is 2.44. The van der Waals surface area contributed by atoms with Crippen LogP contribution < -0.4 is 10.6 Å². The Morgan fingerprint density at radius 1 is 1.32 bits per heavy atom.